The molecule has 0 radical (unpaired) electrons. The number of aliphatic hydroxyl groups excluding tert-OH is 4. The van der Waals surface area contributed by atoms with Crippen molar-refractivity contribution in [1.29, 1.82) is 0 Å². The lowest BCUT2D eigenvalue weighted by Crippen LogP contribution is -2.60. The van der Waals surface area contributed by atoms with E-state index < -0.39 is 37.3 Å². The van der Waals surface area contributed by atoms with Gasteiger partial charge in [-0.1, -0.05) is 0 Å². The second kappa shape index (κ2) is 6.29. The Morgan fingerprint density at radius 2 is 1.75 bits per heavy atom. The molecule has 1 aliphatic heterocycles. The van der Waals surface area contributed by atoms with Gasteiger partial charge in [-0.3, -0.25) is 4.79 Å². The second-order valence-corrected chi connectivity index (χ2v) is 4.50. The first-order chi connectivity index (χ1) is 9.56. The Morgan fingerprint density at radius 1 is 1.10 bits per heavy atom. The fourth-order valence-electron chi connectivity index (χ4n) is 1.92. The summed E-state index contributed by atoms with van der Waals surface area (Å²) in [4.78, 5) is 10.5. The lowest BCUT2D eigenvalue weighted by Gasteiger charge is -2.39. The predicted molar refractivity (Wildman–Crippen MR) is 66.2 cm³/mol. The minimum atomic E-state index is -1.49. The lowest BCUT2D eigenvalue weighted by atomic mass is 9.99. The quantitative estimate of drug-likeness (QED) is 0.507. The van der Waals surface area contributed by atoms with Crippen LogP contribution in [0.15, 0.2) is 24.3 Å². The van der Waals surface area contributed by atoms with Crippen LogP contribution in [0.5, 0.6) is 5.75 Å². The van der Waals surface area contributed by atoms with E-state index >= 15 is 0 Å². The minimum Gasteiger partial charge on any atom is -0.462 e. The molecule has 1 aliphatic rings. The molecule has 0 spiro atoms. The predicted octanol–water partition coefficient (Wildman–Crippen LogP) is -1.32. The number of hydrogen-bond acceptors (Lipinski definition) is 7. The molecular weight excluding hydrogens is 268 g/mol. The highest BCUT2D eigenvalue weighted by Crippen LogP contribution is 2.24. The van der Waals surface area contributed by atoms with Gasteiger partial charge in [0.15, 0.2) is 0 Å². The molecule has 1 fully saturated rings. The third-order valence-electron chi connectivity index (χ3n) is 3.12. The maximum atomic E-state index is 10.5. The summed E-state index contributed by atoms with van der Waals surface area (Å²) in [7, 11) is 0. The van der Waals surface area contributed by atoms with Crippen LogP contribution in [0.4, 0.5) is 0 Å². The first-order valence-corrected chi connectivity index (χ1v) is 6.09. The Labute approximate surface area is 115 Å². The molecule has 1 aromatic rings. The molecule has 1 saturated heterocycles. The highest BCUT2D eigenvalue weighted by atomic mass is 16.7. The van der Waals surface area contributed by atoms with Crippen LogP contribution in [0.2, 0.25) is 0 Å². The van der Waals surface area contributed by atoms with Crippen molar-refractivity contribution in [2.75, 3.05) is 6.61 Å². The van der Waals surface area contributed by atoms with Crippen molar-refractivity contribution in [3.63, 3.8) is 0 Å². The molecule has 5 atom stereocenters. The Kier molecular flexibility index (Phi) is 4.69. The van der Waals surface area contributed by atoms with Crippen LogP contribution < -0.4 is 4.74 Å². The number of aldehydes is 1. The summed E-state index contributed by atoms with van der Waals surface area (Å²) in [5, 5.41) is 38.1. The van der Waals surface area contributed by atoms with Crippen molar-refractivity contribution >= 4 is 6.29 Å². The number of hydrogen-bond donors (Lipinski definition) is 4. The summed E-state index contributed by atoms with van der Waals surface area (Å²) in [6, 6.07) is 6.05. The average Bonchev–Trinajstić information content (AvgIpc) is 2.48. The Morgan fingerprint density at radius 3 is 2.30 bits per heavy atom. The van der Waals surface area contributed by atoms with Gasteiger partial charge < -0.3 is 29.9 Å². The largest absolute Gasteiger partial charge is 0.462 e. The van der Waals surface area contributed by atoms with E-state index in [1.807, 2.05) is 0 Å². The van der Waals surface area contributed by atoms with Gasteiger partial charge in [0, 0.05) is 5.56 Å². The molecule has 2 rings (SSSR count). The molecule has 0 amide bonds. The van der Waals surface area contributed by atoms with Crippen LogP contribution in [0.25, 0.3) is 0 Å². The standard InChI is InChI=1S/C13H16O7/c14-5-7-1-3-8(4-2-7)19-13-12(18)11(17)10(16)9(6-15)20-13/h1-5,9-13,15-18H,6H2/t9-,10-,11+,12+,13-/m1/s1. The number of ether oxygens (including phenoxy) is 2. The third kappa shape index (κ3) is 2.97. The van der Waals surface area contributed by atoms with Gasteiger partial charge in [-0.25, -0.2) is 0 Å². The van der Waals surface area contributed by atoms with Crippen molar-refractivity contribution in [2.24, 2.45) is 0 Å². The number of carbonyl (C=O) groups is 1. The molecule has 7 heteroatoms. The Balaban J connectivity index is 2.08. The first kappa shape index (κ1) is 14.9. The van der Waals surface area contributed by atoms with Gasteiger partial charge in [-0.15, -0.1) is 0 Å². The van der Waals surface area contributed by atoms with Gasteiger partial charge in [0.25, 0.3) is 0 Å². The van der Waals surface area contributed by atoms with E-state index in [1.54, 1.807) is 0 Å². The third-order valence-corrected chi connectivity index (χ3v) is 3.12. The maximum Gasteiger partial charge on any atom is 0.229 e. The molecule has 0 bridgehead atoms. The van der Waals surface area contributed by atoms with Crippen LogP contribution in [0.3, 0.4) is 0 Å². The van der Waals surface area contributed by atoms with Crippen LogP contribution >= 0.6 is 0 Å². The molecule has 0 aromatic heterocycles. The van der Waals surface area contributed by atoms with Crippen molar-refractivity contribution in [3.8, 4) is 5.75 Å². The molecule has 0 saturated carbocycles. The van der Waals surface area contributed by atoms with Gasteiger partial charge in [0.2, 0.25) is 6.29 Å². The zero-order valence-electron chi connectivity index (χ0n) is 10.5. The van der Waals surface area contributed by atoms with Gasteiger partial charge in [-0.05, 0) is 24.3 Å². The van der Waals surface area contributed by atoms with Crippen molar-refractivity contribution in [2.45, 2.75) is 30.7 Å². The SMILES string of the molecule is O=Cc1ccc(O[C@@H]2O[C@H](CO)[C@@H](O)[C@H](O)[C@@H]2O)cc1. The molecule has 4 N–H and O–H groups in total. The zero-order valence-corrected chi connectivity index (χ0v) is 10.5. The van der Waals surface area contributed by atoms with E-state index in [-0.39, 0.29) is 0 Å². The molecule has 1 heterocycles. The Bertz CT molecular complexity index is 445. The van der Waals surface area contributed by atoms with Crippen molar-refractivity contribution in [1.82, 2.24) is 0 Å². The second-order valence-electron chi connectivity index (χ2n) is 4.50. The molecule has 0 unspecified atom stereocenters. The van der Waals surface area contributed by atoms with Crippen LogP contribution in [0, 0.1) is 0 Å². The average molecular weight is 284 g/mol. The van der Waals surface area contributed by atoms with Crippen molar-refractivity contribution < 1.29 is 34.7 Å². The molecule has 20 heavy (non-hydrogen) atoms. The molecule has 1 aromatic carbocycles. The van der Waals surface area contributed by atoms with E-state index in [0.29, 0.717) is 17.6 Å². The topological polar surface area (TPSA) is 116 Å². The molecular formula is C13H16O7. The van der Waals surface area contributed by atoms with E-state index in [2.05, 4.69) is 0 Å². The van der Waals surface area contributed by atoms with E-state index in [4.69, 9.17) is 14.6 Å². The number of aliphatic hydroxyl groups is 4. The number of benzene rings is 1. The maximum absolute atomic E-state index is 10.5. The minimum absolute atomic E-state index is 0.319. The summed E-state index contributed by atoms with van der Waals surface area (Å²) < 4.78 is 10.5. The van der Waals surface area contributed by atoms with Crippen LogP contribution in [0.1, 0.15) is 10.4 Å². The van der Waals surface area contributed by atoms with Gasteiger partial charge >= 0.3 is 0 Å². The molecule has 110 valence electrons. The fraction of sp³-hybridized carbons (Fsp3) is 0.462. The summed E-state index contributed by atoms with van der Waals surface area (Å²) in [5.74, 6) is 0.319. The molecule has 0 aliphatic carbocycles. The normalized spacial score (nSPS) is 33.7. The van der Waals surface area contributed by atoms with E-state index in [1.165, 1.54) is 24.3 Å². The van der Waals surface area contributed by atoms with Gasteiger partial charge in [0.1, 0.15) is 36.5 Å². The number of rotatable bonds is 4. The van der Waals surface area contributed by atoms with Crippen molar-refractivity contribution in [3.05, 3.63) is 29.8 Å². The summed E-state index contributed by atoms with van der Waals surface area (Å²) >= 11 is 0. The highest BCUT2D eigenvalue weighted by molar-refractivity contribution is 5.74. The smallest absolute Gasteiger partial charge is 0.229 e. The fourth-order valence-corrected chi connectivity index (χ4v) is 1.92. The summed E-state index contributed by atoms with van der Waals surface area (Å²) in [5.41, 5.74) is 0.464. The van der Waals surface area contributed by atoms with E-state index in [9.17, 15) is 20.1 Å². The summed E-state index contributed by atoms with van der Waals surface area (Å²) in [6.45, 7) is -0.519. The number of carbonyl (C=O) groups excluding carboxylic acids is 1. The monoisotopic (exact) mass is 284 g/mol. The van der Waals surface area contributed by atoms with Crippen LogP contribution in [-0.2, 0) is 4.74 Å². The first-order valence-electron chi connectivity index (χ1n) is 6.09. The molecule has 7 nitrogen and oxygen atoms in total. The highest BCUT2D eigenvalue weighted by Gasteiger charge is 2.44. The lowest BCUT2D eigenvalue weighted by molar-refractivity contribution is -0.277. The van der Waals surface area contributed by atoms with Gasteiger partial charge in [0.05, 0.1) is 6.61 Å². The van der Waals surface area contributed by atoms with E-state index in [0.717, 1.165) is 0 Å². The Hall–Kier alpha value is -1.51. The van der Waals surface area contributed by atoms with Crippen LogP contribution in [-0.4, -0.2) is 64.0 Å². The summed E-state index contributed by atoms with van der Waals surface area (Å²) in [6.07, 6.45) is -5.94. The zero-order chi connectivity index (χ0) is 14.7. The van der Waals surface area contributed by atoms with Gasteiger partial charge in [-0.2, -0.15) is 0 Å².